The van der Waals surface area contributed by atoms with E-state index in [0.717, 1.165) is 28.6 Å². The van der Waals surface area contributed by atoms with Gasteiger partial charge in [-0.05, 0) is 55.2 Å². The predicted molar refractivity (Wildman–Crippen MR) is 84.7 cm³/mol. The van der Waals surface area contributed by atoms with Crippen LogP contribution in [0, 0.1) is 6.92 Å². The lowest BCUT2D eigenvalue weighted by atomic mass is 10.1. The minimum atomic E-state index is 0.0476. The number of pyridine rings is 1. The van der Waals surface area contributed by atoms with Crippen molar-refractivity contribution in [2.24, 2.45) is 0 Å². The molecule has 1 heterocycles. The molecule has 0 spiro atoms. The number of halogens is 1. The molecule has 2 rings (SSSR count). The molecule has 1 aromatic heterocycles. The third-order valence-electron chi connectivity index (χ3n) is 2.92. The molecular formula is C16H17BrN2O. The number of aromatic nitrogens is 1. The van der Waals surface area contributed by atoms with Gasteiger partial charge in [0.25, 0.3) is 0 Å². The Labute approximate surface area is 127 Å². The quantitative estimate of drug-likeness (QED) is 0.894. The Bertz CT molecular complexity index is 564. The number of aryl methyl sites for hydroxylation is 2. The van der Waals surface area contributed by atoms with E-state index in [1.165, 1.54) is 5.56 Å². The van der Waals surface area contributed by atoms with Crippen LogP contribution in [0.4, 0.5) is 5.69 Å². The molecule has 1 amide bonds. The molecule has 0 aliphatic rings. The molecule has 0 fully saturated rings. The average Bonchev–Trinajstić information content (AvgIpc) is 2.38. The van der Waals surface area contributed by atoms with E-state index in [4.69, 9.17) is 0 Å². The van der Waals surface area contributed by atoms with Gasteiger partial charge in [0.2, 0.25) is 5.91 Å². The zero-order valence-electron chi connectivity index (χ0n) is 11.4. The Kier molecular flexibility index (Phi) is 5.30. The van der Waals surface area contributed by atoms with Crippen LogP contribution < -0.4 is 5.32 Å². The topological polar surface area (TPSA) is 42.0 Å². The van der Waals surface area contributed by atoms with Crippen molar-refractivity contribution in [1.29, 1.82) is 0 Å². The molecule has 2 aromatic rings. The minimum absolute atomic E-state index is 0.0476. The first kappa shape index (κ1) is 14.7. The van der Waals surface area contributed by atoms with Crippen LogP contribution in [0.3, 0.4) is 0 Å². The highest BCUT2D eigenvalue weighted by molar-refractivity contribution is 9.10. The number of nitrogens with one attached hydrogen (secondary N) is 1. The van der Waals surface area contributed by atoms with Crippen molar-refractivity contribution in [2.45, 2.75) is 26.2 Å². The van der Waals surface area contributed by atoms with E-state index < -0.39 is 0 Å². The van der Waals surface area contributed by atoms with Gasteiger partial charge in [0.1, 0.15) is 0 Å². The molecule has 104 valence electrons. The van der Waals surface area contributed by atoms with Gasteiger partial charge in [0.15, 0.2) is 0 Å². The monoisotopic (exact) mass is 332 g/mol. The average molecular weight is 333 g/mol. The van der Waals surface area contributed by atoms with Crippen LogP contribution in [-0.4, -0.2) is 10.9 Å². The highest BCUT2D eigenvalue weighted by atomic mass is 79.9. The molecule has 0 saturated heterocycles. The largest absolute Gasteiger partial charge is 0.326 e. The van der Waals surface area contributed by atoms with Crippen LogP contribution in [0.1, 0.15) is 24.0 Å². The molecule has 1 N–H and O–H groups in total. The Morgan fingerprint density at radius 3 is 2.90 bits per heavy atom. The molecule has 0 atom stereocenters. The molecular weight excluding hydrogens is 316 g/mol. The molecule has 0 unspecified atom stereocenters. The van der Waals surface area contributed by atoms with E-state index in [2.05, 4.69) is 26.2 Å². The highest BCUT2D eigenvalue weighted by Crippen LogP contribution is 2.19. The molecule has 0 saturated carbocycles. The van der Waals surface area contributed by atoms with Crippen LogP contribution in [0.15, 0.2) is 47.2 Å². The maximum Gasteiger partial charge on any atom is 0.224 e. The first-order valence-electron chi connectivity index (χ1n) is 6.59. The van der Waals surface area contributed by atoms with Crippen molar-refractivity contribution in [2.75, 3.05) is 5.32 Å². The summed E-state index contributed by atoms with van der Waals surface area (Å²) < 4.78 is 0.975. The van der Waals surface area contributed by atoms with Gasteiger partial charge in [-0.25, -0.2) is 0 Å². The van der Waals surface area contributed by atoms with E-state index in [1.807, 2.05) is 43.5 Å². The van der Waals surface area contributed by atoms with Gasteiger partial charge in [0, 0.05) is 29.0 Å². The van der Waals surface area contributed by atoms with Crippen molar-refractivity contribution in [3.05, 3.63) is 58.3 Å². The lowest BCUT2D eigenvalue weighted by Crippen LogP contribution is -2.11. The molecule has 4 heteroatoms. The third kappa shape index (κ3) is 4.78. The van der Waals surface area contributed by atoms with E-state index >= 15 is 0 Å². The normalized spacial score (nSPS) is 10.3. The van der Waals surface area contributed by atoms with E-state index in [0.29, 0.717) is 6.42 Å². The number of anilines is 1. The lowest BCUT2D eigenvalue weighted by molar-refractivity contribution is -0.116. The summed E-state index contributed by atoms with van der Waals surface area (Å²) in [5, 5.41) is 2.93. The molecule has 0 aliphatic carbocycles. The van der Waals surface area contributed by atoms with Gasteiger partial charge in [-0.15, -0.1) is 0 Å². The van der Waals surface area contributed by atoms with Crippen LogP contribution in [0.25, 0.3) is 0 Å². The molecule has 0 radical (unpaired) electrons. The van der Waals surface area contributed by atoms with E-state index in [-0.39, 0.29) is 5.91 Å². The first-order chi connectivity index (χ1) is 9.63. The number of hydrogen-bond donors (Lipinski definition) is 1. The number of hydrogen-bond acceptors (Lipinski definition) is 2. The molecule has 1 aromatic carbocycles. The number of carbonyl (C=O) groups is 1. The van der Waals surface area contributed by atoms with Crippen LogP contribution in [0.5, 0.6) is 0 Å². The molecule has 0 aliphatic heterocycles. The Morgan fingerprint density at radius 2 is 2.20 bits per heavy atom. The summed E-state index contributed by atoms with van der Waals surface area (Å²) in [5.41, 5.74) is 3.12. The van der Waals surface area contributed by atoms with E-state index in [9.17, 15) is 4.79 Å². The predicted octanol–water partition coefficient (Wildman–Crippen LogP) is 4.11. The van der Waals surface area contributed by atoms with Crippen LogP contribution >= 0.6 is 15.9 Å². The van der Waals surface area contributed by atoms with Gasteiger partial charge in [-0.2, -0.15) is 0 Å². The first-order valence-corrected chi connectivity index (χ1v) is 7.39. The van der Waals surface area contributed by atoms with Crippen molar-refractivity contribution in [3.63, 3.8) is 0 Å². The van der Waals surface area contributed by atoms with Crippen LogP contribution in [0.2, 0.25) is 0 Å². The summed E-state index contributed by atoms with van der Waals surface area (Å²) in [7, 11) is 0. The lowest BCUT2D eigenvalue weighted by Gasteiger charge is -2.07. The number of nitrogens with zero attached hydrogens (tertiary/aromatic N) is 1. The summed E-state index contributed by atoms with van der Waals surface area (Å²) in [5.74, 6) is 0.0476. The fourth-order valence-corrected chi connectivity index (χ4v) is 2.64. The Hall–Kier alpha value is -1.68. The Morgan fingerprint density at radius 1 is 1.35 bits per heavy atom. The summed E-state index contributed by atoms with van der Waals surface area (Å²) in [6, 6.07) is 9.83. The standard InChI is InChI=1S/C16H17BrN2O/c1-12-8-14(17)10-15(9-12)19-16(20)6-2-4-13-5-3-7-18-11-13/h3,5,7-11H,2,4,6H2,1H3,(H,19,20). The zero-order chi connectivity index (χ0) is 14.4. The maximum absolute atomic E-state index is 11.9. The second-order valence-electron chi connectivity index (χ2n) is 4.78. The zero-order valence-corrected chi connectivity index (χ0v) is 13.0. The second kappa shape index (κ2) is 7.20. The summed E-state index contributed by atoms with van der Waals surface area (Å²) >= 11 is 3.43. The van der Waals surface area contributed by atoms with Crippen molar-refractivity contribution in [1.82, 2.24) is 4.98 Å². The molecule has 20 heavy (non-hydrogen) atoms. The SMILES string of the molecule is Cc1cc(Br)cc(NC(=O)CCCc2cccnc2)c1. The van der Waals surface area contributed by atoms with Gasteiger partial charge >= 0.3 is 0 Å². The summed E-state index contributed by atoms with van der Waals surface area (Å²) in [4.78, 5) is 15.9. The smallest absolute Gasteiger partial charge is 0.224 e. The molecule has 0 bridgehead atoms. The van der Waals surface area contributed by atoms with Crippen molar-refractivity contribution < 1.29 is 4.79 Å². The van der Waals surface area contributed by atoms with Crippen LogP contribution in [-0.2, 0) is 11.2 Å². The fourth-order valence-electron chi connectivity index (χ4n) is 2.03. The van der Waals surface area contributed by atoms with Gasteiger partial charge < -0.3 is 5.32 Å². The highest BCUT2D eigenvalue weighted by Gasteiger charge is 2.04. The fraction of sp³-hybridized carbons (Fsp3) is 0.250. The maximum atomic E-state index is 11.9. The molecule has 3 nitrogen and oxygen atoms in total. The van der Waals surface area contributed by atoms with Gasteiger partial charge in [-0.3, -0.25) is 9.78 Å². The van der Waals surface area contributed by atoms with Gasteiger partial charge in [-0.1, -0.05) is 22.0 Å². The summed E-state index contributed by atoms with van der Waals surface area (Å²) in [6.45, 7) is 2.00. The Balaban J connectivity index is 1.81. The number of amides is 1. The third-order valence-corrected chi connectivity index (χ3v) is 3.38. The number of carbonyl (C=O) groups excluding carboxylic acids is 1. The van der Waals surface area contributed by atoms with Crippen molar-refractivity contribution >= 4 is 27.5 Å². The summed E-state index contributed by atoms with van der Waals surface area (Å²) in [6.07, 6.45) is 5.81. The van der Waals surface area contributed by atoms with E-state index in [1.54, 1.807) is 6.20 Å². The minimum Gasteiger partial charge on any atom is -0.326 e. The number of rotatable bonds is 5. The van der Waals surface area contributed by atoms with Gasteiger partial charge in [0.05, 0.1) is 0 Å². The van der Waals surface area contributed by atoms with Crippen molar-refractivity contribution in [3.8, 4) is 0 Å². The number of benzene rings is 1. The second-order valence-corrected chi connectivity index (χ2v) is 5.70.